The van der Waals surface area contributed by atoms with Crippen LogP contribution in [-0.2, 0) is 24.3 Å². The number of fused-ring (bicyclic) bond motifs is 1. The fourth-order valence-electron chi connectivity index (χ4n) is 3.86. The van der Waals surface area contributed by atoms with Crippen molar-refractivity contribution in [2.24, 2.45) is 0 Å². The Hall–Kier alpha value is -4.33. The number of para-hydroxylation sites is 2. The molecule has 0 fully saturated rings. The van der Waals surface area contributed by atoms with Crippen LogP contribution in [-0.4, -0.2) is 25.6 Å². The van der Waals surface area contributed by atoms with Gasteiger partial charge in [0.25, 0.3) is 0 Å². The predicted octanol–water partition coefficient (Wildman–Crippen LogP) is 4.83. The smallest absolute Gasteiger partial charge is 0.227 e. The van der Waals surface area contributed by atoms with Gasteiger partial charge in [-0.3, -0.25) is 4.79 Å². The summed E-state index contributed by atoms with van der Waals surface area (Å²) in [5.74, 6) is 0.368. The van der Waals surface area contributed by atoms with Crippen molar-refractivity contribution in [3.8, 4) is 11.4 Å². The lowest BCUT2D eigenvalue weighted by molar-refractivity contribution is -0.121. The summed E-state index contributed by atoms with van der Waals surface area (Å²) in [4.78, 5) is 21.0. The van der Waals surface area contributed by atoms with Gasteiger partial charge in [0.1, 0.15) is 5.82 Å². The summed E-state index contributed by atoms with van der Waals surface area (Å²) < 4.78 is 20.8. The van der Waals surface area contributed by atoms with Crippen molar-refractivity contribution >= 4 is 16.9 Å². The second-order valence-electron chi connectivity index (χ2n) is 8.43. The van der Waals surface area contributed by atoms with Crippen LogP contribution >= 0.6 is 0 Å². The maximum Gasteiger partial charge on any atom is 0.227 e. The number of halogens is 1. The third kappa shape index (κ3) is 5.27. The highest BCUT2D eigenvalue weighted by molar-refractivity contribution is 5.76. The van der Waals surface area contributed by atoms with Crippen LogP contribution < -0.4 is 5.32 Å². The summed E-state index contributed by atoms with van der Waals surface area (Å²) in [5, 5.41) is 6.86. The molecule has 0 aliphatic rings. The van der Waals surface area contributed by atoms with Crippen molar-refractivity contribution in [3.05, 3.63) is 101 Å². The van der Waals surface area contributed by atoms with Crippen LogP contribution in [0.15, 0.2) is 77.6 Å². The van der Waals surface area contributed by atoms with Gasteiger partial charge in [0.05, 0.1) is 17.4 Å². The van der Waals surface area contributed by atoms with Crippen molar-refractivity contribution in [1.29, 1.82) is 0 Å². The molecule has 0 bridgehead atoms. The second-order valence-corrected chi connectivity index (χ2v) is 8.43. The van der Waals surface area contributed by atoms with Crippen LogP contribution in [0.1, 0.15) is 29.0 Å². The quantitative estimate of drug-likeness (QED) is 0.352. The van der Waals surface area contributed by atoms with Gasteiger partial charge < -0.3 is 14.4 Å². The maximum absolute atomic E-state index is 13.5. The molecule has 0 spiro atoms. The molecule has 5 aromatic rings. The second kappa shape index (κ2) is 9.89. The first-order valence-corrected chi connectivity index (χ1v) is 11.4. The van der Waals surface area contributed by atoms with Gasteiger partial charge in [-0.05, 0) is 53.9 Å². The lowest BCUT2D eigenvalue weighted by atomic mass is 10.1. The average molecular weight is 470 g/mol. The molecule has 0 radical (unpaired) electrons. The molecule has 5 rings (SSSR count). The minimum atomic E-state index is -0.282. The van der Waals surface area contributed by atoms with Crippen molar-refractivity contribution in [1.82, 2.24) is 25.0 Å². The van der Waals surface area contributed by atoms with E-state index in [2.05, 4.69) is 43.2 Å². The molecule has 0 aliphatic carbocycles. The molecule has 2 aromatic heterocycles. The van der Waals surface area contributed by atoms with E-state index in [1.54, 1.807) is 19.1 Å². The van der Waals surface area contributed by atoms with Crippen LogP contribution in [0.25, 0.3) is 22.4 Å². The minimum absolute atomic E-state index is 0.101. The van der Waals surface area contributed by atoms with Gasteiger partial charge >= 0.3 is 0 Å². The standard InChI is InChI=1S/C27H24FN5O2/c1-18-14-21(10-11-22(18)28)27-31-26(35-32-27)13-12-25(34)29-15-19-6-8-20(9-7-19)16-33-17-30-23-4-2-3-5-24(23)33/h2-11,14,17H,12-13,15-16H2,1H3,(H,29,34). The number of aryl methyl sites for hydroxylation is 2. The zero-order chi connectivity index (χ0) is 24.2. The first-order chi connectivity index (χ1) is 17.0. The molecule has 0 unspecified atom stereocenters. The Morgan fingerprint density at radius 1 is 1.06 bits per heavy atom. The largest absolute Gasteiger partial charge is 0.352 e. The van der Waals surface area contributed by atoms with Gasteiger partial charge in [-0.1, -0.05) is 41.6 Å². The van der Waals surface area contributed by atoms with E-state index in [0.29, 0.717) is 35.8 Å². The number of carbonyl (C=O) groups excluding carboxylic acids is 1. The fraction of sp³-hybridized carbons (Fsp3) is 0.185. The number of nitrogens with zero attached hydrogens (tertiary/aromatic N) is 4. The number of amides is 1. The minimum Gasteiger partial charge on any atom is -0.352 e. The molecular formula is C27H24FN5O2. The van der Waals surface area contributed by atoms with E-state index in [9.17, 15) is 9.18 Å². The first kappa shape index (κ1) is 22.5. The van der Waals surface area contributed by atoms with Crippen molar-refractivity contribution in [2.75, 3.05) is 0 Å². The number of nitrogens with one attached hydrogen (secondary N) is 1. The van der Waals surface area contributed by atoms with E-state index in [4.69, 9.17) is 4.52 Å². The fourth-order valence-corrected chi connectivity index (χ4v) is 3.86. The molecule has 176 valence electrons. The van der Waals surface area contributed by atoms with Gasteiger partial charge in [-0.2, -0.15) is 4.98 Å². The highest BCUT2D eigenvalue weighted by Gasteiger charge is 2.12. The lowest BCUT2D eigenvalue weighted by Crippen LogP contribution is -2.23. The number of hydrogen-bond donors (Lipinski definition) is 1. The molecule has 2 heterocycles. The number of benzene rings is 3. The zero-order valence-electron chi connectivity index (χ0n) is 19.2. The first-order valence-electron chi connectivity index (χ1n) is 11.4. The SMILES string of the molecule is Cc1cc(-c2noc(CCC(=O)NCc3ccc(Cn4cnc5ccccc54)cc3)n2)ccc1F. The summed E-state index contributed by atoms with van der Waals surface area (Å²) in [6, 6.07) is 20.9. The number of imidazole rings is 1. The van der Waals surface area contributed by atoms with Crippen LogP contribution in [0.2, 0.25) is 0 Å². The molecule has 8 heteroatoms. The average Bonchev–Trinajstić information content (AvgIpc) is 3.52. The number of carbonyl (C=O) groups is 1. The van der Waals surface area contributed by atoms with Gasteiger partial charge in [-0.15, -0.1) is 0 Å². The van der Waals surface area contributed by atoms with Crippen LogP contribution in [0.5, 0.6) is 0 Å². The molecule has 0 saturated carbocycles. The zero-order valence-corrected chi connectivity index (χ0v) is 19.2. The molecule has 1 amide bonds. The van der Waals surface area contributed by atoms with Crippen LogP contribution in [0, 0.1) is 12.7 Å². The molecule has 0 saturated heterocycles. The van der Waals surface area contributed by atoms with E-state index in [-0.39, 0.29) is 18.1 Å². The number of hydrogen-bond acceptors (Lipinski definition) is 5. The van der Waals surface area contributed by atoms with E-state index >= 15 is 0 Å². The monoisotopic (exact) mass is 469 g/mol. The van der Waals surface area contributed by atoms with E-state index in [0.717, 1.165) is 28.7 Å². The Morgan fingerprint density at radius 2 is 1.86 bits per heavy atom. The Kier molecular flexibility index (Phi) is 6.34. The third-order valence-electron chi connectivity index (χ3n) is 5.84. The summed E-state index contributed by atoms with van der Waals surface area (Å²) >= 11 is 0. The van der Waals surface area contributed by atoms with Crippen molar-refractivity contribution in [2.45, 2.75) is 32.9 Å². The highest BCUT2D eigenvalue weighted by atomic mass is 19.1. The lowest BCUT2D eigenvalue weighted by Gasteiger charge is -2.07. The molecule has 3 aromatic carbocycles. The van der Waals surface area contributed by atoms with Gasteiger partial charge in [0.15, 0.2) is 0 Å². The van der Waals surface area contributed by atoms with Crippen LogP contribution in [0.4, 0.5) is 4.39 Å². The van der Waals surface area contributed by atoms with E-state index < -0.39 is 0 Å². The van der Waals surface area contributed by atoms with Crippen molar-refractivity contribution in [3.63, 3.8) is 0 Å². The summed E-state index contributed by atoms with van der Waals surface area (Å²) in [6.07, 6.45) is 2.42. The summed E-state index contributed by atoms with van der Waals surface area (Å²) in [6.45, 7) is 2.85. The topological polar surface area (TPSA) is 85.8 Å². The number of rotatable bonds is 8. The molecular weight excluding hydrogens is 445 g/mol. The number of aromatic nitrogens is 4. The van der Waals surface area contributed by atoms with E-state index in [1.165, 1.54) is 6.07 Å². The summed E-state index contributed by atoms with van der Waals surface area (Å²) in [7, 11) is 0. The van der Waals surface area contributed by atoms with Gasteiger partial charge in [-0.25, -0.2) is 9.37 Å². The maximum atomic E-state index is 13.5. The molecule has 7 nitrogen and oxygen atoms in total. The Bertz CT molecular complexity index is 1470. The molecule has 35 heavy (non-hydrogen) atoms. The normalized spacial score (nSPS) is 11.1. The Labute approximate surface area is 201 Å². The summed E-state index contributed by atoms with van der Waals surface area (Å²) in [5.41, 5.74) is 5.44. The van der Waals surface area contributed by atoms with Crippen molar-refractivity contribution < 1.29 is 13.7 Å². The van der Waals surface area contributed by atoms with Gasteiger partial charge in [0.2, 0.25) is 17.6 Å². The molecule has 0 atom stereocenters. The molecule has 0 aliphatic heterocycles. The van der Waals surface area contributed by atoms with Crippen LogP contribution in [0.3, 0.4) is 0 Å². The van der Waals surface area contributed by atoms with E-state index in [1.807, 2.05) is 36.7 Å². The Morgan fingerprint density at radius 3 is 2.69 bits per heavy atom. The molecule has 1 N–H and O–H groups in total. The highest BCUT2D eigenvalue weighted by Crippen LogP contribution is 2.19. The predicted molar refractivity (Wildman–Crippen MR) is 130 cm³/mol. The third-order valence-corrected chi connectivity index (χ3v) is 5.84. The Balaban J connectivity index is 1.10. The van der Waals surface area contributed by atoms with Gasteiger partial charge in [0, 0.05) is 31.5 Å².